The molecular formula is C14H7ClFNO2. The van der Waals surface area contributed by atoms with Crippen LogP contribution < -0.4 is 0 Å². The maximum Gasteiger partial charge on any atom is 0.229 e. The topological polar surface area (TPSA) is 43.1 Å². The average molecular weight is 276 g/mol. The minimum Gasteiger partial charge on any atom is -0.449 e. The van der Waals surface area contributed by atoms with E-state index in [0.29, 0.717) is 5.39 Å². The molecule has 0 aliphatic heterocycles. The third kappa shape index (κ3) is 2.00. The number of rotatable bonds is 2. The normalized spacial score (nSPS) is 10.8. The summed E-state index contributed by atoms with van der Waals surface area (Å²) in [7, 11) is 0. The molecule has 0 saturated carbocycles. The van der Waals surface area contributed by atoms with Crippen molar-refractivity contribution >= 4 is 28.4 Å². The summed E-state index contributed by atoms with van der Waals surface area (Å²) in [5.41, 5.74) is 0.340. The average Bonchev–Trinajstić information content (AvgIpc) is 2.84. The van der Waals surface area contributed by atoms with Gasteiger partial charge in [-0.25, -0.2) is 4.39 Å². The van der Waals surface area contributed by atoms with Crippen LogP contribution in [0.3, 0.4) is 0 Å². The highest BCUT2D eigenvalue weighted by Crippen LogP contribution is 2.25. The Morgan fingerprint density at radius 3 is 2.89 bits per heavy atom. The van der Waals surface area contributed by atoms with E-state index in [0.717, 1.165) is 0 Å². The van der Waals surface area contributed by atoms with Crippen molar-refractivity contribution in [3.8, 4) is 0 Å². The van der Waals surface area contributed by atoms with Crippen molar-refractivity contribution < 1.29 is 13.6 Å². The number of carbonyl (C=O) groups excluding carboxylic acids is 1. The summed E-state index contributed by atoms with van der Waals surface area (Å²) in [5, 5.41) is 0.766. The molecule has 3 nitrogen and oxygen atoms in total. The van der Waals surface area contributed by atoms with Crippen LogP contribution in [0.1, 0.15) is 16.1 Å². The first-order chi connectivity index (χ1) is 9.16. The molecule has 0 N–H and O–H groups in total. The van der Waals surface area contributed by atoms with Gasteiger partial charge in [0.05, 0.1) is 5.02 Å². The Kier molecular flexibility index (Phi) is 2.80. The molecule has 5 heteroatoms. The van der Waals surface area contributed by atoms with Gasteiger partial charge in [-0.2, -0.15) is 0 Å². The molecule has 0 aliphatic rings. The van der Waals surface area contributed by atoms with Crippen molar-refractivity contribution in [3.05, 3.63) is 64.9 Å². The molecule has 3 aromatic rings. The molecule has 0 spiro atoms. The van der Waals surface area contributed by atoms with Crippen molar-refractivity contribution in [3.63, 3.8) is 0 Å². The van der Waals surface area contributed by atoms with E-state index in [1.807, 2.05) is 0 Å². The number of benzene rings is 1. The number of pyridine rings is 1. The molecular weight excluding hydrogens is 269 g/mol. The Morgan fingerprint density at radius 2 is 2.16 bits per heavy atom. The molecule has 2 aromatic heterocycles. The lowest BCUT2D eigenvalue weighted by Gasteiger charge is -1.99. The van der Waals surface area contributed by atoms with E-state index >= 15 is 0 Å². The minimum absolute atomic E-state index is 0.0493. The number of fused-ring (bicyclic) bond motifs is 1. The van der Waals surface area contributed by atoms with E-state index in [9.17, 15) is 9.18 Å². The van der Waals surface area contributed by atoms with E-state index in [4.69, 9.17) is 16.0 Å². The Labute approximate surface area is 112 Å². The van der Waals surface area contributed by atoms with Gasteiger partial charge in [-0.1, -0.05) is 23.7 Å². The van der Waals surface area contributed by atoms with Crippen molar-refractivity contribution in [2.24, 2.45) is 0 Å². The van der Waals surface area contributed by atoms with Gasteiger partial charge in [0, 0.05) is 23.3 Å². The third-order valence-electron chi connectivity index (χ3n) is 2.74. The summed E-state index contributed by atoms with van der Waals surface area (Å²) >= 11 is 5.90. The molecule has 2 heterocycles. The standard InChI is InChI=1S/C14H7ClFNO2/c15-10-7-17-5-4-9(10)13(18)12-6-8-2-1-3-11(16)14(8)19-12/h1-7H. The Morgan fingerprint density at radius 1 is 1.32 bits per heavy atom. The number of furan rings is 1. The van der Waals surface area contributed by atoms with Gasteiger partial charge in [-0.15, -0.1) is 0 Å². The van der Waals surface area contributed by atoms with Gasteiger partial charge in [0.1, 0.15) is 0 Å². The fraction of sp³-hybridized carbons (Fsp3) is 0. The minimum atomic E-state index is -0.502. The highest BCUT2D eigenvalue weighted by Gasteiger charge is 2.18. The van der Waals surface area contributed by atoms with Crippen LogP contribution >= 0.6 is 11.6 Å². The zero-order valence-electron chi connectivity index (χ0n) is 9.56. The lowest BCUT2D eigenvalue weighted by molar-refractivity contribution is 0.101. The summed E-state index contributed by atoms with van der Waals surface area (Å²) in [6, 6.07) is 7.50. The number of nitrogens with zero attached hydrogens (tertiary/aromatic N) is 1. The second-order valence-electron chi connectivity index (χ2n) is 3.95. The second-order valence-corrected chi connectivity index (χ2v) is 4.36. The van der Waals surface area contributed by atoms with Crippen LogP contribution in [0.5, 0.6) is 0 Å². The number of ketones is 1. The molecule has 0 aliphatic carbocycles. The van der Waals surface area contributed by atoms with Gasteiger partial charge in [0.25, 0.3) is 0 Å². The first kappa shape index (κ1) is 11.9. The van der Waals surface area contributed by atoms with E-state index in [1.54, 1.807) is 12.1 Å². The van der Waals surface area contributed by atoms with Crippen LogP contribution in [0.2, 0.25) is 5.02 Å². The number of aromatic nitrogens is 1. The molecule has 1 aromatic carbocycles. The first-order valence-electron chi connectivity index (χ1n) is 5.49. The van der Waals surface area contributed by atoms with Crippen LogP contribution in [0.25, 0.3) is 11.0 Å². The van der Waals surface area contributed by atoms with Gasteiger partial charge < -0.3 is 4.42 Å². The SMILES string of the molecule is O=C(c1cc2cccc(F)c2o1)c1ccncc1Cl. The summed E-state index contributed by atoms with van der Waals surface area (Å²) < 4.78 is 18.8. The predicted octanol–water partition coefficient (Wildman–Crippen LogP) is 3.85. The third-order valence-corrected chi connectivity index (χ3v) is 3.04. The fourth-order valence-electron chi connectivity index (χ4n) is 1.83. The number of hydrogen-bond acceptors (Lipinski definition) is 3. The molecule has 0 bridgehead atoms. The molecule has 0 radical (unpaired) electrons. The van der Waals surface area contributed by atoms with Crippen molar-refractivity contribution in [1.82, 2.24) is 4.98 Å². The smallest absolute Gasteiger partial charge is 0.229 e. The number of halogens is 2. The molecule has 0 fully saturated rings. The lowest BCUT2D eigenvalue weighted by atomic mass is 10.1. The zero-order valence-corrected chi connectivity index (χ0v) is 10.3. The van der Waals surface area contributed by atoms with Crippen molar-refractivity contribution in [2.45, 2.75) is 0 Å². The molecule has 0 saturated heterocycles. The van der Waals surface area contributed by atoms with E-state index in [1.165, 1.54) is 30.6 Å². The van der Waals surface area contributed by atoms with E-state index in [-0.39, 0.29) is 21.9 Å². The second kappa shape index (κ2) is 4.48. The van der Waals surface area contributed by atoms with Crippen molar-refractivity contribution in [2.75, 3.05) is 0 Å². The molecule has 0 amide bonds. The quantitative estimate of drug-likeness (QED) is 0.667. The highest BCUT2D eigenvalue weighted by molar-refractivity contribution is 6.34. The van der Waals surface area contributed by atoms with Crippen LogP contribution in [0.15, 0.2) is 47.1 Å². The summed E-state index contributed by atoms with van der Waals surface area (Å²) in [4.78, 5) is 16.0. The number of carbonyl (C=O) groups is 1. The zero-order chi connectivity index (χ0) is 13.4. The molecule has 94 valence electrons. The van der Waals surface area contributed by atoms with Crippen LogP contribution in [0.4, 0.5) is 4.39 Å². The van der Waals surface area contributed by atoms with Crippen LogP contribution in [0, 0.1) is 5.82 Å². The molecule has 0 atom stereocenters. The first-order valence-corrected chi connectivity index (χ1v) is 5.87. The Balaban J connectivity index is 2.12. The lowest BCUT2D eigenvalue weighted by Crippen LogP contribution is -2.00. The highest BCUT2D eigenvalue weighted by atomic mass is 35.5. The van der Waals surface area contributed by atoms with Gasteiger partial charge >= 0.3 is 0 Å². The summed E-state index contributed by atoms with van der Waals surface area (Å²) in [6.45, 7) is 0. The molecule has 19 heavy (non-hydrogen) atoms. The van der Waals surface area contributed by atoms with Crippen molar-refractivity contribution in [1.29, 1.82) is 0 Å². The van der Waals surface area contributed by atoms with Gasteiger partial charge in [0.2, 0.25) is 5.78 Å². The van der Waals surface area contributed by atoms with Gasteiger partial charge in [-0.3, -0.25) is 9.78 Å². The fourth-order valence-corrected chi connectivity index (χ4v) is 2.04. The van der Waals surface area contributed by atoms with E-state index in [2.05, 4.69) is 4.98 Å². The predicted molar refractivity (Wildman–Crippen MR) is 68.9 cm³/mol. The maximum absolute atomic E-state index is 13.5. The number of para-hydroxylation sites is 1. The van der Waals surface area contributed by atoms with Crippen LogP contribution in [-0.4, -0.2) is 10.8 Å². The Hall–Kier alpha value is -2.20. The summed E-state index contributed by atoms with van der Waals surface area (Å²) in [6.07, 6.45) is 2.83. The largest absolute Gasteiger partial charge is 0.449 e. The van der Waals surface area contributed by atoms with E-state index < -0.39 is 11.6 Å². The maximum atomic E-state index is 13.5. The van der Waals surface area contributed by atoms with Gasteiger partial charge in [0.15, 0.2) is 17.2 Å². The summed E-state index contributed by atoms with van der Waals surface area (Å²) in [5.74, 6) is -0.853. The molecule has 0 unspecified atom stereocenters. The monoisotopic (exact) mass is 275 g/mol. The number of hydrogen-bond donors (Lipinski definition) is 0. The van der Waals surface area contributed by atoms with Crippen LogP contribution in [-0.2, 0) is 0 Å². The Bertz CT molecular complexity index is 782. The van der Waals surface area contributed by atoms with Gasteiger partial charge in [-0.05, 0) is 18.2 Å². The molecule has 3 rings (SSSR count).